The minimum Gasteiger partial charge on any atom is -0.481 e. The van der Waals surface area contributed by atoms with E-state index in [-0.39, 0.29) is 30.8 Å². The van der Waals surface area contributed by atoms with Gasteiger partial charge in [-0.2, -0.15) is 0 Å². The van der Waals surface area contributed by atoms with E-state index in [2.05, 4.69) is 0 Å². The monoisotopic (exact) mass is 230 g/mol. The molecule has 0 rings (SSSR count). The summed E-state index contributed by atoms with van der Waals surface area (Å²) in [5, 5.41) is 8.62. The minimum absolute atomic E-state index is 0.00690. The zero-order valence-corrected chi connectivity index (χ0v) is 10.3. The first-order chi connectivity index (χ1) is 7.43. The van der Waals surface area contributed by atoms with Crippen molar-refractivity contribution in [3.8, 4) is 0 Å². The molecule has 0 aliphatic heterocycles. The van der Waals surface area contributed by atoms with Crippen LogP contribution in [0.15, 0.2) is 0 Å². The van der Waals surface area contributed by atoms with Crippen molar-refractivity contribution in [2.45, 2.75) is 39.7 Å². The second kappa shape index (κ2) is 7.22. The normalized spacial score (nSPS) is 12.6. The van der Waals surface area contributed by atoms with E-state index in [1.807, 2.05) is 20.8 Å². The molecule has 0 bridgehead atoms. The van der Waals surface area contributed by atoms with Crippen LogP contribution in [0.3, 0.4) is 0 Å². The van der Waals surface area contributed by atoms with Crippen LogP contribution >= 0.6 is 0 Å². The Kier molecular flexibility index (Phi) is 6.72. The number of hydrogen-bond donors (Lipinski definition) is 2. The number of aliphatic carboxylic acids is 1. The molecule has 0 fully saturated rings. The Hall–Kier alpha value is -1.10. The molecular formula is C11H22N2O3. The van der Waals surface area contributed by atoms with E-state index in [0.717, 1.165) is 0 Å². The molecule has 94 valence electrons. The molecule has 0 aromatic heterocycles. The first kappa shape index (κ1) is 14.9. The maximum absolute atomic E-state index is 12.0. The largest absolute Gasteiger partial charge is 0.481 e. The van der Waals surface area contributed by atoms with Gasteiger partial charge in [-0.1, -0.05) is 6.92 Å². The van der Waals surface area contributed by atoms with Crippen LogP contribution in [0.5, 0.6) is 0 Å². The molecule has 0 heterocycles. The van der Waals surface area contributed by atoms with Gasteiger partial charge in [0, 0.05) is 19.1 Å². The second-order valence-electron chi connectivity index (χ2n) is 4.11. The third-order valence-electron chi connectivity index (χ3n) is 2.60. The molecule has 0 saturated carbocycles. The molecule has 3 N–H and O–H groups in total. The first-order valence-electron chi connectivity index (χ1n) is 5.66. The van der Waals surface area contributed by atoms with E-state index in [9.17, 15) is 9.59 Å². The van der Waals surface area contributed by atoms with Gasteiger partial charge in [0.15, 0.2) is 0 Å². The van der Waals surface area contributed by atoms with Gasteiger partial charge >= 0.3 is 5.97 Å². The van der Waals surface area contributed by atoms with Gasteiger partial charge in [-0.05, 0) is 20.3 Å². The number of nitrogens with two attached hydrogens (primary N) is 1. The standard InChI is InChI=1S/C11H22N2O3/c1-4-9(7-12)11(16)13(8(2)3)6-5-10(14)15/h8-9H,4-7,12H2,1-3H3,(H,14,15). The molecule has 0 saturated heterocycles. The van der Waals surface area contributed by atoms with Crippen LogP contribution in [0.4, 0.5) is 0 Å². The Morgan fingerprint density at radius 3 is 2.25 bits per heavy atom. The van der Waals surface area contributed by atoms with E-state index in [1.54, 1.807) is 4.90 Å². The maximum atomic E-state index is 12.0. The molecule has 0 aliphatic rings. The van der Waals surface area contributed by atoms with Crippen LogP contribution in [0.25, 0.3) is 0 Å². The number of hydrogen-bond acceptors (Lipinski definition) is 3. The number of nitrogens with zero attached hydrogens (tertiary/aromatic N) is 1. The SMILES string of the molecule is CCC(CN)C(=O)N(CCC(=O)O)C(C)C. The van der Waals surface area contributed by atoms with Crippen molar-refractivity contribution in [2.24, 2.45) is 11.7 Å². The summed E-state index contributed by atoms with van der Waals surface area (Å²) >= 11 is 0. The summed E-state index contributed by atoms with van der Waals surface area (Å²) in [6, 6.07) is 0.00690. The highest BCUT2D eigenvalue weighted by Crippen LogP contribution is 2.10. The van der Waals surface area contributed by atoms with E-state index in [1.165, 1.54) is 0 Å². The zero-order valence-electron chi connectivity index (χ0n) is 10.3. The molecular weight excluding hydrogens is 208 g/mol. The molecule has 1 atom stereocenters. The molecule has 0 radical (unpaired) electrons. The summed E-state index contributed by atoms with van der Waals surface area (Å²) in [6.45, 7) is 6.23. The Labute approximate surface area is 96.6 Å². The second-order valence-corrected chi connectivity index (χ2v) is 4.11. The van der Waals surface area contributed by atoms with Crippen LogP contribution in [0.1, 0.15) is 33.6 Å². The quantitative estimate of drug-likeness (QED) is 0.673. The van der Waals surface area contributed by atoms with Crippen molar-refractivity contribution >= 4 is 11.9 Å². The number of carbonyl (C=O) groups is 2. The first-order valence-corrected chi connectivity index (χ1v) is 5.66. The molecule has 1 amide bonds. The molecule has 0 aromatic rings. The summed E-state index contributed by atoms with van der Waals surface area (Å²) in [5.74, 6) is -1.13. The topological polar surface area (TPSA) is 83.6 Å². The van der Waals surface area contributed by atoms with Gasteiger partial charge in [0.25, 0.3) is 0 Å². The Morgan fingerprint density at radius 2 is 1.94 bits per heavy atom. The maximum Gasteiger partial charge on any atom is 0.305 e. The third-order valence-corrected chi connectivity index (χ3v) is 2.60. The van der Waals surface area contributed by atoms with Crippen molar-refractivity contribution in [1.29, 1.82) is 0 Å². The molecule has 5 nitrogen and oxygen atoms in total. The average molecular weight is 230 g/mol. The van der Waals surface area contributed by atoms with E-state index in [0.29, 0.717) is 13.0 Å². The summed E-state index contributed by atoms with van der Waals surface area (Å²) in [4.78, 5) is 24.1. The number of amides is 1. The summed E-state index contributed by atoms with van der Waals surface area (Å²) in [5.41, 5.74) is 5.51. The number of carbonyl (C=O) groups excluding carboxylic acids is 1. The smallest absolute Gasteiger partial charge is 0.305 e. The molecule has 0 aromatic carbocycles. The molecule has 5 heteroatoms. The lowest BCUT2D eigenvalue weighted by Gasteiger charge is -2.29. The van der Waals surface area contributed by atoms with E-state index in [4.69, 9.17) is 10.8 Å². The van der Waals surface area contributed by atoms with Crippen LogP contribution in [-0.4, -0.2) is 41.0 Å². The fourth-order valence-electron chi connectivity index (χ4n) is 1.52. The highest BCUT2D eigenvalue weighted by atomic mass is 16.4. The predicted octanol–water partition coefficient (Wildman–Crippen LogP) is 0.683. The molecule has 0 spiro atoms. The van der Waals surface area contributed by atoms with Crippen molar-refractivity contribution in [3.05, 3.63) is 0 Å². The van der Waals surface area contributed by atoms with Crippen molar-refractivity contribution in [2.75, 3.05) is 13.1 Å². The van der Waals surface area contributed by atoms with Gasteiger partial charge < -0.3 is 15.7 Å². The molecule has 1 unspecified atom stereocenters. The number of carboxylic acids is 1. The molecule has 16 heavy (non-hydrogen) atoms. The van der Waals surface area contributed by atoms with Crippen LogP contribution < -0.4 is 5.73 Å². The third kappa shape index (κ3) is 4.61. The summed E-state index contributed by atoms with van der Waals surface area (Å²) < 4.78 is 0. The number of rotatable bonds is 7. The van der Waals surface area contributed by atoms with Crippen molar-refractivity contribution < 1.29 is 14.7 Å². The predicted molar refractivity (Wildman–Crippen MR) is 61.9 cm³/mol. The Bertz CT molecular complexity index is 237. The van der Waals surface area contributed by atoms with Gasteiger partial charge in [-0.3, -0.25) is 9.59 Å². The Balaban J connectivity index is 4.51. The minimum atomic E-state index is -0.890. The van der Waals surface area contributed by atoms with Gasteiger partial charge in [-0.15, -0.1) is 0 Å². The highest BCUT2D eigenvalue weighted by Gasteiger charge is 2.23. The fraction of sp³-hybridized carbons (Fsp3) is 0.818. The lowest BCUT2D eigenvalue weighted by molar-refractivity contribution is -0.140. The lowest BCUT2D eigenvalue weighted by Crippen LogP contribution is -2.43. The average Bonchev–Trinajstić information content (AvgIpc) is 2.18. The zero-order chi connectivity index (χ0) is 12.7. The highest BCUT2D eigenvalue weighted by molar-refractivity contribution is 5.80. The molecule has 0 aliphatic carbocycles. The Morgan fingerprint density at radius 1 is 1.38 bits per heavy atom. The van der Waals surface area contributed by atoms with Gasteiger partial charge in [-0.25, -0.2) is 0 Å². The van der Waals surface area contributed by atoms with Crippen LogP contribution in [0, 0.1) is 5.92 Å². The van der Waals surface area contributed by atoms with Gasteiger partial charge in [0.05, 0.1) is 12.3 Å². The number of carboxylic acid groups (broad SMARTS) is 1. The van der Waals surface area contributed by atoms with Crippen LogP contribution in [-0.2, 0) is 9.59 Å². The van der Waals surface area contributed by atoms with Crippen molar-refractivity contribution in [1.82, 2.24) is 4.90 Å². The lowest BCUT2D eigenvalue weighted by atomic mass is 10.0. The van der Waals surface area contributed by atoms with Gasteiger partial charge in [0.1, 0.15) is 0 Å². The van der Waals surface area contributed by atoms with Gasteiger partial charge in [0.2, 0.25) is 5.91 Å². The summed E-state index contributed by atoms with van der Waals surface area (Å²) in [6.07, 6.45) is 0.663. The van der Waals surface area contributed by atoms with E-state index < -0.39 is 5.97 Å². The fourth-order valence-corrected chi connectivity index (χ4v) is 1.52. The van der Waals surface area contributed by atoms with E-state index >= 15 is 0 Å². The van der Waals surface area contributed by atoms with Crippen LogP contribution in [0.2, 0.25) is 0 Å². The van der Waals surface area contributed by atoms with Crippen molar-refractivity contribution in [3.63, 3.8) is 0 Å². The summed E-state index contributed by atoms with van der Waals surface area (Å²) in [7, 11) is 0.